The number of allylic oxidation sites excluding steroid dienone is 3. The highest BCUT2D eigenvalue weighted by atomic mass is 16.3. The Hall–Kier alpha value is -4.72. The molecule has 0 fully saturated rings. The van der Waals surface area contributed by atoms with Crippen LogP contribution >= 0.6 is 0 Å². The summed E-state index contributed by atoms with van der Waals surface area (Å²) in [6.45, 7) is 30.7. The Morgan fingerprint density at radius 1 is 0.603 bits per heavy atom. The first-order chi connectivity index (χ1) is 26.5. The van der Waals surface area contributed by atoms with E-state index in [1.54, 1.807) is 38.1 Å². The molecule has 0 radical (unpaired) electrons. The van der Waals surface area contributed by atoms with Crippen LogP contribution in [0.4, 0.5) is 11.4 Å². The summed E-state index contributed by atoms with van der Waals surface area (Å²) in [7, 11) is 0. The van der Waals surface area contributed by atoms with E-state index in [0.29, 0.717) is 58.0 Å². The number of aromatic hydroxyl groups is 3. The monoisotopic (exact) mass is 795 g/mol. The number of aliphatic hydroxyl groups is 1. The fourth-order valence-corrected chi connectivity index (χ4v) is 8.30. The second-order valence-electron chi connectivity index (χ2n) is 20.7. The number of nitrogens with one attached hydrogen (secondary N) is 2. The Labute approximate surface area is 347 Å². The van der Waals surface area contributed by atoms with Gasteiger partial charge in [0.1, 0.15) is 23.0 Å². The number of aliphatic hydroxyl groups excluding tert-OH is 1. The minimum absolute atomic E-state index is 0.0667. The number of benzene rings is 3. The lowest BCUT2D eigenvalue weighted by Crippen LogP contribution is -2.30. The molecule has 58 heavy (non-hydrogen) atoms. The average molecular weight is 795 g/mol. The summed E-state index contributed by atoms with van der Waals surface area (Å²) in [5.74, 6) is 0.641. The van der Waals surface area contributed by atoms with Crippen molar-refractivity contribution in [2.45, 2.75) is 147 Å². The van der Waals surface area contributed by atoms with Crippen LogP contribution in [0.1, 0.15) is 148 Å². The summed E-state index contributed by atoms with van der Waals surface area (Å²) in [5, 5.41) is 50.7. The summed E-state index contributed by atoms with van der Waals surface area (Å²) in [6, 6.07) is 10.9. The highest BCUT2D eigenvalue weighted by Gasteiger charge is 2.38. The molecule has 3 aromatic rings. The second kappa shape index (κ2) is 16.9. The molecule has 0 saturated carbocycles. The van der Waals surface area contributed by atoms with E-state index in [1.165, 1.54) is 0 Å². The molecule has 8 nitrogen and oxygen atoms in total. The first kappa shape index (κ1) is 46.0. The summed E-state index contributed by atoms with van der Waals surface area (Å²) in [5.41, 5.74) is 6.89. The third-order valence-corrected chi connectivity index (χ3v) is 11.4. The minimum atomic E-state index is -0.274. The van der Waals surface area contributed by atoms with Crippen LogP contribution in [0.3, 0.4) is 0 Å². The van der Waals surface area contributed by atoms with Crippen LogP contribution in [0.5, 0.6) is 17.2 Å². The van der Waals surface area contributed by atoms with Crippen molar-refractivity contribution < 1.29 is 30.0 Å². The third kappa shape index (κ3) is 10.9. The van der Waals surface area contributed by atoms with Crippen LogP contribution in [0.15, 0.2) is 59.4 Å². The van der Waals surface area contributed by atoms with Gasteiger partial charge in [0, 0.05) is 41.8 Å². The van der Waals surface area contributed by atoms with Crippen molar-refractivity contribution in [3.05, 3.63) is 98.3 Å². The fourth-order valence-electron chi connectivity index (χ4n) is 8.30. The Bertz CT molecular complexity index is 2080. The zero-order valence-corrected chi connectivity index (χ0v) is 37.8. The smallest absolute Gasteiger partial charge is 0.224 e. The van der Waals surface area contributed by atoms with Crippen LogP contribution in [0.25, 0.3) is 0 Å². The van der Waals surface area contributed by atoms with Gasteiger partial charge in [-0.05, 0) is 123 Å². The highest BCUT2D eigenvalue weighted by Crippen LogP contribution is 2.48. The first-order valence-corrected chi connectivity index (χ1v) is 20.8. The summed E-state index contributed by atoms with van der Waals surface area (Å²) < 4.78 is 0. The minimum Gasteiger partial charge on any atom is -0.508 e. The molecule has 0 bridgehead atoms. The molecule has 8 heteroatoms. The van der Waals surface area contributed by atoms with Gasteiger partial charge < -0.3 is 31.1 Å². The number of amides is 2. The number of hydrogen-bond acceptors (Lipinski definition) is 6. The Kier molecular flexibility index (Phi) is 13.4. The number of anilines is 2. The van der Waals surface area contributed by atoms with Gasteiger partial charge in [0.15, 0.2) is 0 Å². The number of aryl methyl sites for hydroxylation is 3. The van der Waals surface area contributed by atoms with E-state index in [2.05, 4.69) is 107 Å². The van der Waals surface area contributed by atoms with E-state index >= 15 is 0 Å². The van der Waals surface area contributed by atoms with E-state index in [4.69, 9.17) is 0 Å². The molecule has 0 spiro atoms. The maximum atomic E-state index is 13.4. The van der Waals surface area contributed by atoms with Gasteiger partial charge in [0.25, 0.3) is 0 Å². The topological polar surface area (TPSA) is 139 Å². The molecule has 0 saturated heterocycles. The van der Waals surface area contributed by atoms with Crippen LogP contribution in [-0.4, -0.2) is 32.2 Å². The van der Waals surface area contributed by atoms with Crippen molar-refractivity contribution in [2.75, 3.05) is 10.6 Å². The molecular formula is C50H70N2O6. The molecule has 1 aliphatic rings. The van der Waals surface area contributed by atoms with Gasteiger partial charge in [-0.25, -0.2) is 0 Å². The molecule has 4 rings (SSSR count). The van der Waals surface area contributed by atoms with E-state index in [1.807, 2.05) is 12.1 Å². The summed E-state index contributed by atoms with van der Waals surface area (Å²) >= 11 is 0. The number of phenols is 3. The van der Waals surface area contributed by atoms with Gasteiger partial charge in [-0.1, -0.05) is 108 Å². The van der Waals surface area contributed by atoms with Crippen LogP contribution in [0.2, 0.25) is 0 Å². The molecule has 2 amide bonds. The van der Waals surface area contributed by atoms with Crippen molar-refractivity contribution in [1.29, 1.82) is 0 Å². The molecule has 1 aliphatic carbocycles. The molecule has 2 atom stereocenters. The fraction of sp³-hybridized carbons (Fsp3) is 0.520. The lowest BCUT2D eigenvalue weighted by molar-refractivity contribution is -0.117. The average Bonchev–Trinajstić information content (AvgIpc) is 3.06. The predicted octanol–water partition coefficient (Wildman–Crippen LogP) is 12.0. The third-order valence-electron chi connectivity index (χ3n) is 11.4. The number of rotatable bonds is 10. The van der Waals surface area contributed by atoms with Gasteiger partial charge in [-0.15, -0.1) is 0 Å². The van der Waals surface area contributed by atoms with Crippen molar-refractivity contribution in [3.63, 3.8) is 0 Å². The zero-order chi connectivity index (χ0) is 43.9. The first-order valence-electron chi connectivity index (χ1n) is 20.8. The number of carbonyl (C=O) groups excluding carboxylic acids is 2. The van der Waals surface area contributed by atoms with E-state index < -0.39 is 0 Å². The van der Waals surface area contributed by atoms with E-state index in [0.717, 1.165) is 27.8 Å². The van der Waals surface area contributed by atoms with Crippen molar-refractivity contribution in [3.8, 4) is 17.2 Å². The Morgan fingerprint density at radius 2 is 1.05 bits per heavy atom. The number of phenolic OH excluding ortho intramolecular Hbond substituents is 3. The molecule has 6 N–H and O–H groups in total. The van der Waals surface area contributed by atoms with Crippen molar-refractivity contribution in [1.82, 2.24) is 0 Å². The standard InChI is InChI=1S/C50H70N2O6/c1-28-20-35(51-40(53)18-16-31-22-37(47(4,5)6)45(57)38(23-31)48(7,8)9)25-33(43(28)55)24-34-26-36(21-29(2)44(34)56)52-41(54)19-17-32-27-39(49(10,11)12)46(58)42(30(32)3)50(13,14)15/h20-23,25-27,30,32,55-58H,16-19,24H2,1-15H3,(H,51,53)(H,52,54)/t30-,32?/m1/s1. The maximum absolute atomic E-state index is 13.4. The lowest BCUT2D eigenvalue weighted by atomic mass is 9.66. The van der Waals surface area contributed by atoms with E-state index in [9.17, 15) is 30.0 Å². The van der Waals surface area contributed by atoms with E-state index in [-0.39, 0.29) is 76.1 Å². The molecule has 0 heterocycles. The second-order valence-corrected chi connectivity index (χ2v) is 20.7. The Morgan fingerprint density at radius 3 is 1.47 bits per heavy atom. The molecule has 0 aromatic heterocycles. The predicted molar refractivity (Wildman–Crippen MR) is 238 cm³/mol. The highest BCUT2D eigenvalue weighted by molar-refractivity contribution is 5.92. The Balaban J connectivity index is 1.49. The molecule has 316 valence electrons. The van der Waals surface area contributed by atoms with Gasteiger partial charge in [0.2, 0.25) is 11.8 Å². The summed E-state index contributed by atoms with van der Waals surface area (Å²) in [4.78, 5) is 26.7. The lowest BCUT2D eigenvalue weighted by Gasteiger charge is -2.40. The quantitative estimate of drug-likeness (QED) is 0.113. The van der Waals surface area contributed by atoms with Crippen molar-refractivity contribution in [2.24, 2.45) is 22.7 Å². The number of carbonyl (C=O) groups is 2. The maximum Gasteiger partial charge on any atom is 0.224 e. The normalized spacial score (nSPS) is 16.6. The molecule has 0 aliphatic heterocycles. The van der Waals surface area contributed by atoms with Gasteiger partial charge in [-0.3, -0.25) is 9.59 Å². The van der Waals surface area contributed by atoms with Crippen LogP contribution in [0, 0.1) is 36.5 Å². The number of hydrogen-bond donors (Lipinski definition) is 6. The molecular weight excluding hydrogens is 725 g/mol. The van der Waals surface area contributed by atoms with Gasteiger partial charge in [-0.2, -0.15) is 0 Å². The largest absolute Gasteiger partial charge is 0.508 e. The van der Waals surface area contributed by atoms with Crippen molar-refractivity contribution >= 4 is 23.2 Å². The van der Waals surface area contributed by atoms with Gasteiger partial charge >= 0.3 is 0 Å². The van der Waals surface area contributed by atoms with Gasteiger partial charge in [0.05, 0.1) is 0 Å². The SMILES string of the molecule is Cc1cc(NC(=O)CCc2cc(C(C)(C)C)c(O)c(C(C)(C)C)c2)cc(Cc2cc(NC(=O)CCC3C=C(C(C)(C)C)C(O)=C(C(C)(C)C)[C@@H]3C)cc(C)c2O)c1O. The molecule has 3 aromatic carbocycles. The zero-order valence-electron chi connectivity index (χ0n) is 37.8. The molecule has 1 unspecified atom stereocenters. The summed E-state index contributed by atoms with van der Waals surface area (Å²) in [6.07, 6.45) is 3.91. The van der Waals surface area contributed by atoms with Crippen LogP contribution in [-0.2, 0) is 33.3 Å². The van der Waals surface area contributed by atoms with Crippen LogP contribution < -0.4 is 10.6 Å².